The molecule has 0 atom stereocenters. The summed E-state index contributed by atoms with van der Waals surface area (Å²) in [7, 11) is 0. The number of amides is 1. The fourth-order valence-corrected chi connectivity index (χ4v) is 3.28. The molecule has 1 saturated carbocycles. The lowest BCUT2D eigenvalue weighted by Gasteiger charge is -2.19. The van der Waals surface area contributed by atoms with E-state index in [1.807, 2.05) is 10.7 Å². The van der Waals surface area contributed by atoms with E-state index in [9.17, 15) is 18.0 Å². The first-order valence-electron chi connectivity index (χ1n) is 10.0. The summed E-state index contributed by atoms with van der Waals surface area (Å²) in [4.78, 5) is 28.4. The van der Waals surface area contributed by atoms with Gasteiger partial charge in [0.05, 0.1) is 17.5 Å². The van der Waals surface area contributed by atoms with Gasteiger partial charge in [-0.2, -0.15) is 18.3 Å². The highest BCUT2D eigenvalue weighted by molar-refractivity contribution is 5.95. The minimum atomic E-state index is -5.08. The lowest BCUT2D eigenvalue weighted by atomic mass is 10.2. The number of nitrogens with zero attached hydrogens (tertiary/aromatic N) is 4. The van der Waals surface area contributed by atoms with Crippen LogP contribution in [-0.4, -0.2) is 55.9 Å². The summed E-state index contributed by atoms with van der Waals surface area (Å²) in [5, 5.41) is 14.7. The molecule has 11 heteroatoms. The maximum absolute atomic E-state index is 12.6. The van der Waals surface area contributed by atoms with E-state index in [1.54, 1.807) is 12.4 Å². The highest BCUT2D eigenvalue weighted by Crippen LogP contribution is 2.28. The van der Waals surface area contributed by atoms with E-state index in [2.05, 4.69) is 33.3 Å². The number of aromatic nitrogens is 3. The van der Waals surface area contributed by atoms with E-state index in [1.165, 1.54) is 12.8 Å². The molecule has 1 amide bonds. The number of carbonyl (C=O) groups is 2. The number of rotatable bonds is 5. The number of fused-ring (bicyclic) bond motifs is 3. The largest absolute Gasteiger partial charge is 0.490 e. The van der Waals surface area contributed by atoms with Gasteiger partial charge in [-0.05, 0) is 37.8 Å². The van der Waals surface area contributed by atoms with Crippen LogP contribution in [0, 0.1) is 5.92 Å². The van der Waals surface area contributed by atoms with Crippen LogP contribution in [0.15, 0.2) is 24.5 Å². The summed E-state index contributed by atoms with van der Waals surface area (Å²) >= 11 is 0. The maximum Gasteiger partial charge on any atom is 0.490 e. The Balaban J connectivity index is 0.000000339. The molecule has 0 unspecified atom stereocenters. The third-order valence-corrected chi connectivity index (χ3v) is 4.98. The maximum atomic E-state index is 12.6. The van der Waals surface area contributed by atoms with Crippen molar-refractivity contribution in [2.75, 3.05) is 13.1 Å². The molecule has 2 aromatic rings. The molecule has 4 rings (SSSR count). The van der Waals surface area contributed by atoms with Crippen LogP contribution >= 0.6 is 0 Å². The summed E-state index contributed by atoms with van der Waals surface area (Å²) in [6, 6.07) is 4.05. The Labute approximate surface area is 177 Å². The number of pyridine rings is 1. The van der Waals surface area contributed by atoms with Crippen LogP contribution in [0.4, 0.5) is 13.2 Å². The molecule has 3 heterocycles. The second-order valence-corrected chi connectivity index (χ2v) is 7.57. The van der Waals surface area contributed by atoms with Gasteiger partial charge in [-0.15, -0.1) is 0 Å². The zero-order valence-corrected chi connectivity index (χ0v) is 17.0. The van der Waals surface area contributed by atoms with Crippen molar-refractivity contribution in [3.05, 3.63) is 41.3 Å². The monoisotopic (exact) mass is 439 g/mol. The fourth-order valence-electron chi connectivity index (χ4n) is 3.28. The van der Waals surface area contributed by atoms with Crippen LogP contribution in [0.5, 0.6) is 0 Å². The van der Waals surface area contributed by atoms with E-state index in [4.69, 9.17) is 9.90 Å². The number of carboxylic acid groups (broad SMARTS) is 1. The van der Waals surface area contributed by atoms with Crippen molar-refractivity contribution >= 4 is 11.9 Å². The van der Waals surface area contributed by atoms with Crippen LogP contribution < -0.4 is 5.32 Å². The second-order valence-electron chi connectivity index (χ2n) is 7.57. The average molecular weight is 439 g/mol. The summed E-state index contributed by atoms with van der Waals surface area (Å²) in [6.07, 6.45) is 1.92. The van der Waals surface area contributed by atoms with Crippen LogP contribution in [0.1, 0.15) is 47.8 Å². The van der Waals surface area contributed by atoms with Crippen molar-refractivity contribution in [3.63, 3.8) is 0 Å². The van der Waals surface area contributed by atoms with E-state index in [-0.39, 0.29) is 5.91 Å². The molecule has 8 nitrogen and oxygen atoms in total. The van der Waals surface area contributed by atoms with Crippen molar-refractivity contribution in [2.24, 2.45) is 5.92 Å². The number of halogens is 3. The van der Waals surface area contributed by atoms with Crippen LogP contribution in [-0.2, 0) is 17.9 Å². The summed E-state index contributed by atoms with van der Waals surface area (Å²) in [6.45, 7) is 5.50. The molecule has 1 aliphatic heterocycles. The van der Waals surface area contributed by atoms with Crippen molar-refractivity contribution in [3.8, 4) is 5.82 Å². The Hall–Kier alpha value is -2.95. The molecule has 0 radical (unpaired) electrons. The van der Waals surface area contributed by atoms with Crippen molar-refractivity contribution in [2.45, 2.75) is 45.5 Å². The van der Waals surface area contributed by atoms with Crippen molar-refractivity contribution in [1.29, 1.82) is 0 Å². The Morgan fingerprint density at radius 3 is 2.61 bits per heavy atom. The molecule has 168 valence electrons. The van der Waals surface area contributed by atoms with E-state index in [0.29, 0.717) is 11.5 Å². The summed E-state index contributed by atoms with van der Waals surface area (Å²) in [5.74, 6) is -1.26. The number of carbonyl (C=O) groups excluding carboxylic acids is 1. The Kier molecular flexibility index (Phi) is 6.94. The molecule has 2 N–H and O–H groups in total. The van der Waals surface area contributed by atoms with Gasteiger partial charge in [-0.3, -0.25) is 9.69 Å². The Bertz CT molecular complexity index is 940. The topological polar surface area (TPSA) is 100 Å². The van der Waals surface area contributed by atoms with Crippen LogP contribution in [0.2, 0.25) is 0 Å². The number of carboxylic acids is 1. The van der Waals surface area contributed by atoms with Crippen molar-refractivity contribution < 1.29 is 27.9 Å². The van der Waals surface area contributed by atoms with E-state index < -0.39 is 12.1 Å². The van der Waals surface area contributed by atoms with E-state index in [0.717, 1.165) is 49.7 Å². The van der Waals surface area contributed by atoms with Gasteiger partial charge in [-0.1, -0.05) is 13.0 Å². The van der Waals surface area contributed by atoms with E-state index >= 15 is 0 Å². The molecular weight excluding hydrogens is 415 g/mol. The minimum Gasteiger partial charge on any atom is -0.475 e. The Morgan fingerprint density at radius 1 is 1.29 bits per heavy atom. The predicted molar refractivity (Wildman–Crippen MR) is 105 cm³/mol. The summed E-state index contributed by atoms with van der Waals surface area (Å²) in [5.41, 5.74) is 2.77. The van der Waals surface area contributed by atoms with Gasteiger partial charge in [0.1, 0.15) is 0 Å². The normalized spacial score (nSPS) is 15.7. The zero-order valence-electron chi connectivity index (χ0n) is 17.0. The second kappa shape index (κ2) is 9.46. The molecule has 0 aromatic carbocycles. The number of nitrogens with one attached hydrogen (secondary N) is 1. The molecule has 0 spiro atoms. The third-order valence-electron chi connectivity index (χ3n) is 4.98. The number of aliphatic carboxylic acids is 1. The smallest absolute Gasteiger partial charge is 0.475 e. The molecular formula is C20H24F3N5O3. The van der Waals surface area contributed by atoms with Gasteiger partial charge >= 0.3 is 12.1 Å². The lowest BCUT2D eigenvalue weighted by molar-refractivity contribution is -0.192. The van der Waals surface area contributed by atoms with Gasteiger partial charge in [-0.25, -0.2) is 14.5 Å². The minimum absolute atomic E-state index is 0.0148. The molecule has 1 aliphatic carbocycles. The van der Waals surface area contributed by atoms with Gasteiger partial charge < -0.3 is 10.4 Å². The van der Waals surface area contributed by atoms with Gasteiger partial charge in [0.2, 0.25) is 0 Å². The Morgan fingerprint density at radius 2 is 2.00 bits per heavy atom. The quantitative estimate of drug-likeness (QED) is 0.743. The molecule has 0 saturated heterocycles. The number of alkyl halides is 3. The number of hydrogen-bond donors (Lipinski definition) is 2. The third kappa shape index (κ3) is 5.81. The standard InChI is InChI=1S/C18H23N5O.C2HF3O2/c1-2-8-22-11-14-4-3-7-19-17(14)23-16(12-22)15(10-21-23)18(24)20-9-13-5-6-13;3-2(4,5)1(6)7/h3-4,7,10,13H,2,5-6,8-9,11-12H2,1H3,(H,20,24);(H,6,7). The summed E-state index contributed by atoms with van der Waals surface area (Å²) < 4.78 is 33.6. The first-order valence-corrected chi connectivity index (χ1v) is 10.0. The highest BCUT2D eigenvalue weighted by Gasteiger charge is 2.38. The lowest BCUT2D eigenvalue weighted by Crippen LogP contribution is -2.28. The highest BCUT2D eigenvalue weighted by atomic mass is 19.4. The van der Waals surface area contributed by atoms with Gasteiger partial charge in [0.15, 0.2) is 5.82 Å². The zero-order chi connectivity index (χ0) is 22.6. The van der Waals surface area contributed by atoms with Crippen LogP contribution in [0.3, 0.4) is 0 Å². The molecule has 2 aliphatic rings. The van der Waals surface area contributed by atoms with Gasteiger partial charge in [0, 0.05) is 31.4 Å². The molecule has 31 heavy (non-hydrogen) atoms. The molecule has 1 fully saturated rings. The first kappa shape index (κ1) is 22.7. The average Bonchev–Trinajstić information content (AvgIpc) is 3.48. The van der Waals surface area contributed by atoms with Gasteiger partial charge in [0.25, 0.3) is 5.91 Å². The molecule has 2 aromatic heterocycles. The SMILES string of the molecule is CCCN1Cc2cccnc2-n2ncc(C(=O)NCC3CC3)c2C1.O=C(O)C(F)(F)F. The predicted octanol–water partition coefficient (Wildman–Crippen LogP) is 2.77. The number of hydrogen-bond acceptors (Lipinski definition) is 5. The van der Waals surface area contributed by atoms with Crippen LogP contribution in [0.25, 0.3) is 5.82 Å². The molecule has 0 bridgehead atoms. The van der Waals surface area contributed by atoms with Crippen molar-refractivity contribution in [1.82, 2.24) is 25.0 Å². The first-order chi connectivity index (χ1) is 14.7. The fraction of sp³-hybridized carbons (Fsp3) is 0.500.